The Hall–Kier alpha value is -2.39. The van der Waals surface area contributed by atoms with Gasteiger partial charge in [-0.25, -0.2) is 9.52 Å². The van der Waals surface area contributed by atoms with E-state index in [1.165, 1.54) is 11.1 Å². The van der Waals surface area contributed by atoms with E-state index in [9.17, 15) is 13.2 Å². The van der Waals surface area contributed by atoms with Gasteiger partial charge in [0.1, 0.15) is 0 Å². The van der Waals surface area contributed by atoms with E-state index in [0.29, 0.717) is 6.54 Å². The lowest BCUT2D eigenvalue weighted by Gasteiger charge is -2.23. The van der Waals surface area contributed by atoms with Gasteiger partial charge in [-0.15, -0.1) is 0 Å². The van der Waals surface area contributed by atoms with E-state index < -0.39 is 21.6 Å². The van der Waals surface area contributed by atoms with Crippen molar-refractivity contribution in [2.45, 2.75) is 76.4 Å². The predicted octanol–water partition coefficient (Wildman–Crippen LogP) is 3.19. The summed E-state index contributed by atoms with van der Waals surface area (Å²) >= 11 is 0. The number of aryl methyl sites for hydroxylation is 2. The SMILES string of the molecule is CN(C)Cc1cc(S(=O)(=O)NC(=O)Nc2c3c(cc4c2CCC4)CCC3)nn1C(C)(C)C. The molecule has 0 atom stereocenters. The maximum Gasteiger partial charge on any atom is 0.333 e. The standard InChI is InChI=1S/C23H33N5O3S/c1-23(2,3)28-17(14-27(4)5)13-20(25-28)32(30,31)26-22(29)24-21-18-10-6-8-15(18)12-16-9-7-11-19(16)21/h12-13H,6-11,14H2,1-5H3,(H2,24,26,29). The fraction of sp³-hybridized carbons (Fsp3) is 0.565. The molecule has 0 spiro atoms. The van der Waals surface area contributed by atoms with Gasteiger partial charge >= 0.3 is 6.03 Å². The van der Waals surface area contributed by atoms with Crippen LogP contribution < -0.4 is 10.0 Å². The number of urea groups is 1. The molecule has 0 fully saturated rings. The van der Waals surface area contributed by atoms with Crippen LogP contribution in [-0.4, -0.2) is 43.2 Å². The minimum absolute atomic E-state index is 0.150. The number of fused-ring (bicyclic) bond motifs is 2. The van der Waals surface area contributed by atoms with Crippen LogP contribution in [0.5, 0.6) is 0 Å². The summed E-state index contributed by atoms with van der Waals surface area (Å²) in [6.45, 7) is 6.43. The second kappa shape index (κ2) is 8.19. The van der Waals surface area contributed by atoms with Gasteiger partial charge in [0.15, 0.2) is 5.03 Å². The number of benzene rings is 1. The van der Waals surface area contributed by atoms with E-state index in [0.717, 1.165) is 61.0 Å². The highest BCUT2D eigenvalue weighted by Crippen LogP contribution is 2.38. The molecule has 0 saturated heterocycles. The van der Waals surface area contributed by atoms with Gasteiger partial charge in [-0.05, 0) is 95.6 Å². The maximum absolute atomic E-state index is 13.0. The lowest BCUT2D eigenvalue weighted by atomic mass is 9.99. The van der Waals surface area contributed by atoms with Crippen LogP contribution in [0.3, 0.4) is 0 Å². The van der Waals surface area contributed by atoms with Crippen LogP contribution in [0.2, 0.25) is 0 Å². The Morgan fingerprint density at radius 3 is 2.19 bits per heavy atom. The number of aromatic nitrogens is 2. The van der Waals surface area contributed by atoms with E-state index in [-0.39, 0.29) is 5.03 Å². The predicted molar refractivity (Wildman–Crippen MR) is 124 cm³/mol. The van der Waals surface area contributed by atoms with Crippen molar-refractivity contribution in [1.29, 1.82) is 0 Å². The monoisotopic (exact) mass is 459 g/mol. The largest absolute Gasteiger partial charge is 0.333 e. The number of nitrogens with one attached hydrogen (secondary N) is 2. The molecular formula is C23H33N5O3S. The highest BCUT2D eigenvalue weighted by atomic mass is 32.2. The number of anilines is 1. The third-order valence-corrected chi connectivity index (χ3v) is 7.29. The first kappa shape index (κ1) is 22.8. The maximum atomic E-state index is 13.0. The van der Waals surface area contributed by atoms with Gasteiger partial charge in [0.05, 0.1) is 11.2 Å². The number of amides is 2. The summed E-state index contributed by atoms with van der Waals surface area (Å²) in [7, 11) is -0.291. The number of hydrogen-bond acceptors (Lipinski definition) is 5. The number of hydrogen-bond donors (Lipinski definition) is 2. The highest BCUT2D eigenvalue weighted by molar-refractivity contribution is 7.90. The Balaban J connectivity index is 1.59. The van der Waals surface area contributed by atoms with E-state index in [4.69, 9.17) is 0 Å². The van der Waals surface area contributed by atoms with Gasteiger partial charge in [0.25, 0.3) is 10.0 Å². The molecule has 2 aliphatic rings. The summed E-state index contributed by atoms with van der Waals surface area (Å²) in [5.74, 6) is 0. The average Bonchev–Trinajstić information content (AvgIpc) is 3.38. The normalized spacial score (nSPS) is 15.7. The summed E-state index contributed by atoms with van der Waals surface area (Å²) in [5, 5.41) is 7.07. The third-order valence-electron chi connectivity index (χ3n) is 6.09. The molecule has 0 radical (unpaired) electrons. The van der Waals surface area contributed by atoms with Gasteiger partial charge in [-0.2, -0.15) is 13.5 Å². The highest BCUT2D eigenvalue weighted by Gasteiger charge is 2.29. The van der Waals surface area contributed by atoms with Crippen LogP contribution in [0, 0.1) is 0 Å². The fourth-order valence-electron chi connectivity index (χ4n) is 4.82. The van der Waals surface area contributed by atoms with Crippen molar-refractivity contribution in [3.8, 4) is 0 Å². The lowest BCUT2D eigenvalue weighted by Crippen LogP contribution is -2.35. The first-order chi connectivity index (χ1) is 15.0. The minimum atomic E-state index is -4.12. The zero-order valence-electron chi connectivity index (χ0n) is 19.6. The van der Waals surface area contributed by atoms with Crippen LogP contribution in [-0.2, 0) is 47.8 Å². The molecule has 1 heterocycles. The molecule has 2 aromatic rings. The first-order valence-corrected chi connectivity index (χ1v) is 12.7. The topological polar surface area (TPSA) is 96.3 Å². The van der Waals surface area contributed by atoms with Crippen molar-refractivity contribution in [2.75, 3.05) is 19.4 Å². The molecule has 1 aromatic heterocycles. The Bertz CT molecular complexity index is 1130. The van der Waals surface area contributed by atoms with Gasteiger partial charge < -0.3 is 10.2 Å². The van der Waals surface area contributed by atoms with E-state index in [1.54, 1.807) is 10.7 Å². The Labute approximate surface area is 190 Å². The second-order valence-corrected chi connectivity index (χ2v) is 11.7. The fourth-order valence-corrected chi connectivity index (χ4v) is 5.70. The van der Waals surface area contributed by atoms with Crippen LogP contribution in [0.1, 0.15) is 61.6 Å². The van der Waals surface area contributed by atoms with Crippen molar-refractivity contribution < 1.29 is 13.2 Å². The summed E-state index contributed by atoms with van der Waals surface area (Å²) in [6, 6.07) is 3.08. The van der Waals surface area contributed by atoms with Gasteiger partial charge in [0, 0.05) is 18.3 Å². The number of nitrogens with zero attached hydrogens (tertiary/aromatic N) is 3. The Morgan fingerprint density at radius 2 is 1.66 bits per heavy atom. The summed E-state index contributed by atoms with van der Waals surface area (Å²) in [6.07, 6.45) is 5.97. The molecular weight excluding hydrogens is 426 g/mol. The molecule has 2 N–H and O–H groups in total. The Morgan fingerprint density at radius 1 is 1.06 bits per heavy atom. The van der Waals surface area contributed by atoms with Gasteiger partial charge in [-0.3, -0.25) is 4.68 Å². The molecule has 174 valence electrons. The number of rotatable bonds is 5. The van der Waals surface area contributed by atoms with Gasteiger partial charge in [-0.1, -0.05) is 6.07 Å². The molecule has 9 heteroatoms. The van der Waals surface area contributed by atoms with Crippen LogP contribution in [0.25, 0.3) is 0 Å². The summed E-state index contributed by atoms with van der Waals surface area (Å²) < 4.78 is 29.9. The quantitative estimate of drug-likeness (QED) is 0.716. The third kappa shape index (κ3) is 4.41. The Kier molecular flexibility index (Phi) is 5.83. The first-order valence-electron chi connectivity index (χ1n) is 11.2. The lowest BCUT2D eigenvalue weighted by molar-refractivity contribution is 0.256. The van der Waals surface area contributed by atoms with Crippen LogP contribution in [0.4, 0.5) is 10.5 Å². The number of carbonyl (C=O) groups excluding carboxylic acids is 1. The molecule has 8 nitrogen and oxygen atoms in total. The zero-order chi connectivity index (χ0) is 23.3. The molecule has 1 aromatic carbocycles. The van der Waals surface area contributed by atoms with Crippen molar-refractivity contribution >= 4 is 21.7 Å². The van der Waals surface area contributed by atoms with Crippen molar-refractivity contribution in [3.05, 3.63) is 40.1 Å². The van der Waals surface area contributed by atoms with Crippen LogP contribution in [0.15, 0.2) is 17.2 Å². The number of carbonyl (C=O) groups is 1. The van der Waals surface area contributed by atoms with Crippen molar-refractivity contribution in [1.82, 2.24) is 19.4 Å². The van der Waals surface area contributed by atoms with Gasteiger partial charge in [0.2, 0.25) is 0 Å². The summed E-state index contributed by atoms with van der Waals surface area (Å²) in [4.78, 5) is 14.8. The van der Waals surface area contributed by atoms with E-state index >= 15 is 0 Å². The minimum Gasteiger partial charge on any atom is -0.307 e. The van der Waals surface area contributed by atoms with E-state index in [2.05, 4.69) is 21.2 Å². The molecule has 2 amide bonds. The molecule has 4 rings (SSSR count). The second-order valence-electron chi connectivity index (χ2n) is 10.1. The number of sulfonamides is 1. The van der Waals surface area contributed by atoms with Crippen molar-refractivity contribution in [2.24, 2.45) is 0 Å². The molecule has 2 aliphatic carbocycles. The summed E-state index contributed by atoms with van der Waals surface area (Å²) in [5.41, 5.74) is 6.05. The molecule has 0 unspecified atom stereocenters. The van der Waals surface area contributed by atoms with Crippen molar-refractivity contribution in [3.63, 3.8) is 0 Å². The zero-order valence-corrected chi connectivity index (χ0v) is 20.4. The average molecular weight is 460 g/mol. The molecule has 0 bridgehead atoms. The smallest absolute Gasteiger partial charge is 0.307 e. The molecule has 32 heavy (non-hydrogen) atoms. The molecule has 0 saturated carbocycles. The van der Waals surface area contributed by atoms with E-state index in [1.807, 2.05) is 39.8 Å². The molecule has 0 aliphatic heterocycles. The van der Waals surface area contributed by atoms with Crippen LogP contribution >= 0.6 is 0 Å².